The fourth-order valence-corrected chi connectivity index (χ4v) is 2.35. The first kappa shape index (κ1) is 7.85. The third kappa shape index (κ3) is 0.979. The molecular weight excluding hydrogens is 144 g/mol. The Kier molecular flexibility index (Phi) is 1.71. The Morgan fingerprint density at radius 1 is 0.917 bits per heavy atom. The zero-order valence-corrected chi connectivity index (χ0v) is 8.20. The lowest BCUT2D eigenvalue weighted by Crippen LogP contribution is -1.94. The summed E-state index contributed by atoms with van der Waals surface area (Å²) >= 11 is 0. The van der Waals surface area contributed by atoms with Gasteiger partial charge in [0.25, 0.3) is 0 Å². The van der Waals surface area contributed by atoms with E-state index in [1.165, 1.54) is 36.0 Å². The molecule has 2 rings (SSSR count). The third-order valence-corrected chi connectivity index (χ3v) is 3.17. The Bertz CT molecular complexity index is 321. The molecule has 0 bridgehead atoms. The van der Waals surface area contributed by atoms with Gasteiger partial charge in [-0.05, 0) is 67.9 Å². The molecule has 0 saturated heterocycles. The minimum atomic E-state index is 1.31. The van der Waals surface area contributed by atoms with Crippen molar-refractivity contribution in [3.8, 4) is 0 Å². The molecule has 1 aliphatic carbocycles. The van der Waals surface area contributed by atoms with Gasteiger partial charge in [0.2, 0.25) is 0 Å². The monoisotopic (exact) mass is 160 g/mol. The van der Waals surface area contributed by atoms with Crippen molar-refractivity contribution in [1.29, 1.82) is 0 Å². The van der Waals surface area contributed by atoms with Gasteiger partial charge in [-0.1, -0.05) is 6.07 Å². The number of rotatable bonds is 0. The molecule has 0 aliphatic heterocycles. The van der Waals surface area contributed by atoms with Crippen LogP contribution in [0.15, 0.2) is 6.07 Å². The second-order valence-corrected chi connectivity index (χ2v) is 3.95. The first-order valence-electron chi connectivity index (χ1n) is 4.78. The number of hydrogen-bond donors (Lipinski definition) is 0. The molecule has 0 aromatic heterocycles. The van der Waals surface area contributed by atoms with E-state index in [1.54, 1.807) is 11.1 Å². The van der Waals surface area contributed by atoms with E-state index < -0.39 is 0 Å². The second kappa shape index (κ2) is 2.62. The van der Waals surface area contributed by atoms with Gasteiger partial charge in [-0.3, -0.25) is 0 Å². The van der Waals surface area contributed by atoms with Crippen LogP contribution in [0.2, 0.25) is 0 Å². The molecule has 0 fully saturated rings. The second-order valence-electron chi connectivity index (χ2n) is 3.95. The maximum Gasteiger partial charge on any atom is -0.0270 e. The number of aryl methyl sites for hydroxylation is 2. The summed E-state index contributed by atoms with van der Waals surface area (Å²) in [5.41, 5.74) is 7.79. The van der Waals surface area contributed by atoms with Crippen molar-refractivity contribution in [2.75, 3.05) is 0 Å². The minimum absolute atomic E-state index is 1.31. The topological polar surface area (TPSA) is 0 Å². The molecule has 0 atom stereocenters. The molecule has 0 radical (unpaired) electrons. The lowest BCUT2D eigenvalue weighted by Gasteiger charge is -2.10. The molecule has 12 heavy (non-hydrogen) atoms. The average Bonchev–Trinajstić information content (AvgIpc) is 2.48. The molecule has 64 valence electrons. The summed E-state index contributed by atoms with van der Waals surface area (Å²) in [6.07, 6.45) is 3.98. The summed E-state index contributed by atoms with van der Waals surface area (Å²) in [7, 11) is 0. The SMILES string of the molecule is Cc1cc(C)c2c(c1C)CCC2. The maximum absolute atomic E-state index is 2.33. The van der Waals surface area contributed by atoms with Crippen molar-refractivity contribution in [2.24, 2.45) is 0 Å². The average molecular weight is 160 g/mol. The Morgan fingerprint density at radius 3 is 2.33 bits per heavy atom. The van der Waals surface area contributed by atoms with Gasteiger partial charge in [-0.15, -0.1) is 0 Å². The normalized spacial score (nSPS) is 14.9. The van der Waals surface area contributed by atoms with Crippen LogP contribution in [-0.4, -0.2) is 0 Å². The highest BCUT2D eigenvalue weighted by Crippen LogP contribution is 2.29. The fraction of sp³-hybridized carbons (Fsp3) is 0.500. The largest absolute Gasteiger partial charge is 0.0558 e. The molecule has 0 N–H and O–H groups in total. The Hall–Kier alpha value is -0.780. The van der Waals surface area contributed by atoms with Crippen molar-refractivity contribution >= 4 is 0 Å². The fourth-order valence-electron chi connectivity index (χ4n) is 2.35. The minimum Gasteiger partial charge on any atom is -0.0558 e. The van der Waals surface area contributed by atoms with E-state index in [9.17, 15) is 0 Å². The van der Waals surface area contributed by atoms with E-state index in [2.05, 4.69) is 26.8 Å². The van der Waals surface area contributed by atoms with Crippen LogP contribution in [-0.2, 0) is 12.8 Å². The molecule has 0 unspecified atom stereocenters. The van der Waals surface area contributed by atoms with Crippen LogP contribution in [0.1, 0.15) is 34.2 Å². The maximum atomic E-state index is 2.33. The van der Waals surface area contributed by atoms with E-state index in [0.717, 1.165) is 0 Å². The van der Waals surface area contributed by atoms with Gasteiger partial charge < -0.3 is 0 Å². The number of hydrogen-bond acceptors (Lipinski definition) is 0. The first-order chi connectivity index (χ1) is 5.70. The zero-order chi connectivity index (χ0) is 8.72. The van der Waals surface area contributed by atoms with Crippen molar-refractivity contribution in [2.45, 2.75) is 40.0 Å². The van der Waals surface area contributed by atoms with E-state index in [0.29, 0.717) is 0 Å². The molecule has 0 saturated carbocycles. The molecule has 1 aliphatic rings. The van der Waals surface area contributed by atoms with Crippen LogP contribution in [0.5, 0.6) is 0 Å². The van der Waals surface area contributed by atoms with E-state index >= 15 is 0 Å². The summed E-state index contributed by atoms with van der Waals surface area (Å²) in [5, 5.41) is 0. The van der Waals surface area contributed by atoms with Crippen LogP contribution in [0.25, 0.3) is 0 Å². The molecule has 0 amide bonds. The summed E-state index contributed by atoms with van der Waals surface area (Å²) in [4.78, 5) is 0. The summed E-state index contributed by atoms with van der Waals surface area (Å²) in [6.45, 7) is 6.73. The molecule has 0 heterocycles. The van der Waals surface area contributed by atoms with Crippen molar-refractivity contribution < 1.29 is 0 Å². The lowest BCUT2D eigenvalue weighted by atomic mass is 9.96. The Morgan fingerprint density at radius 2 is 1.58 bits per heavy atom. The first-order valence-corrected chi connectivity index (χ1v) is 4.78. The molecule has 1 aromatic carbocycles. The molecule has 1 aromatic rings. The van der Waals surface area contributed by atoms with Crippen LogP contribution < -0.4 is 0 Å². The highest BCUT2D eigenvalue weighted by atomic mass is 14.2. The number of benzene rings is 1. The van der Waals surface area contributed by atoms with Gasteiger partial charge >= 0.3 is 0 Å². The van der Waals surface area contributed by atoms with Crippen LogP contribution in [0.4, 0.5) is 0 Å². The standard InChI is InChI=1S/C12H16/c1-8-7-9(2)11-5-4-6-12(11)10(8)3/h7H,4-6H2,1-3H3. The van der Waals surface area contributed by atoms with Gasteiger partial charge in [0.1, 0.15) is 0 Å². The zero-order valence-electron chi connectivity index (χ0n) is 8.20. The molecular formula is C12H16. The Balaban J connectivity index is 2.69. The van der Waals surface area contributed by atoms with E-state index in [-0.39, 0.29) is 0 Å². The quantitative estimate of drug-likeness (QED) is 0.547. The highest BCUT2D eigenvalue weighted by Gasteiger charge is 2.15. The van der Waals surface area contributed by atoms with Crippen molar-refractivity contribution in [1.82, 2.24) is 0 Å². The van der Waals surface area contributed by atoms with E-state index in [1.807, 2.05) is 0 Å². The lowest BCUT2D eigenvalue weighted by molar-refractivity contribution is 0.907. The van der Waals surface area contributed by atoms with Gasteiger partial charge in [0, 0.05) is 0 Å². The summed E-state index contributed by atoms with van der Waals surface area (Å²) in [5.74, 6) is 0. The molecule has 0 heteroatoms. The predicted octanol–water partition coefficient (Wildman–Crippen LogP) is 3.10. The van der Waals surface area contributed by atoms with E-state index in [4.69, 9.17) is 0 Å². The van der Waals surface area contributed by atoms with Gasteiger partial charge in [-0.2, -0.15) is 0 Å². The van der Waals surface area contributed by atoms with Crippen LogP contribution in [0.3, 0.4) is 0 Å². The van der Waals surface area contributed by atoms with Crippen LogP contribution >= 0.6 is 0 Å². The van der Waals surface area contributed by atoms with Gasteiger partial charge in [-0.25, -0.2) is 0 Å². The van der Waals surface area contributed by atoms with Crippen molar-refractivity contribution in [3.05, 3.63) is 33.9 Å². The Labute approximate surface area is 74.6 Å². The predicted molar refractivity (Wildman–Crippen MR) is 52.7 cm³/mol. The third-order valence-electron chi connectivity index (χ3n) is 3.17. The molecule has 0 nitrogen and oxygen atoms in total. The van der Waals surface area contributed by atoms with Gasteiger partial charge in [0.05, 0.1) is 0 Å². The van der Waals surface area contributed by atoms with Crippen molar-refractivity contribution in [3.63, 3.8) is 0 Å². The molecule has 0 spiro atoms. The van der Waals surface area contributed by atoms with Gasteiger partial charge in [0.15, 0.2) is 0 Å². The highest BCUT2D eigenvalue weighted by molar-refractivity contribution is 5.46. The van der Waals surface area contributed by atoms with Crippen LogP contribution in [0, 0.1) is 20.8 Å². The summed E-state index contributed by atoms with van der Waals surface area (Å²) < 4.78 is 0. The number of fused-ring (bicyclic) bond motifs is 1. The summed E-state index contributed by atoms with van der Waals surface area (Å²) in [6, 6.07) is 2.33. The smallest absolute Gasteiger partial charge is 0.0270 e.